The van der Waals surface area contributed by atoms with Crippen LogP contribution in [0.3, 0.4) is 0 Å². The first-order chi connectivity index (χ1) is 6.11. The van der Waals surface area contributed by atoms with Gasteiger partial charge in [0.05, 0.1) is 0 Å². The maximum Gasteiger partial charge on any atom is 0.317 e. The lowest BCUT2D eigenvalue weighted by Gasteiger charge is -2.25. The second-order valence-corrected chi connectivity index (χ2v) is 3.86. The van der Waals surface area contributed by atoms with Crippen LogP contribution in [0.25, 0.3) is 0 Å². The predicted octanol–water partition coefficient (Wildman–Crippen LogP) is 0.398. The molecule has 76 valence electrons. The molecule has 0 aromatic carbocycles. The molecule has 4 nitrogen and oxygen atoms in total. The van der Waals surface area contributed by atoms with E-state index in [2.05, 4.69) is 10.6 Å². The third-order valence-electron chi connectivity index (χ3n) is 2.31. The van der Waals surface area contributed by atoms with Crippen LogP contribution in [0.5, 0.6) is 0 Å². The van der Waals surface area contributed by atoms with Gasteiger partial charge in [-0.15, -0.1) is 0 Å². The molecule has 2 amide bonds. The number of carbonyl (C=O) groups excluding carboxylic acids is 1. The van der Waals surface area contributed by atoms with E-state index in [1.165, 1.54) is 0 Å². The molecule has 0 aliphatic carbocycles. The molecule has 1 aliphatic rings. The number of rotatable bonds is 2. The number of hydrogen-bond donors (Lipinski definition) is 2. The molecule has 0 bridgehead atoms. The molecule has 13 heavy (non-hydrogen) atoms. The molecular formula is C9H19N3O. The maximum atomic E-state index is 11.5. The van der Waals surface area contributed by atoms with E-state index in [0.717, 1.165) is 19.5 Å². The van der Waals surface area contributed by atoms with E-state index in [-0.39, 0.29) is 12.1 Å². The molecule has 1 fully saturated rings. The molecule has 1 atom stereocenters. The van der Waals surface area contributed by atoms with Gasteiger partial charge in [0.1, 0.15) is 0 Å². The molecule has 1 aliphatic heterocycles. The summed E-state index contributed by atoms with van der Waals surface area (Å²) in [5.74, 6) is 0. The lowest BCUT2D eigenvalue weighted by atomic mass is 10.2. The average molecular weight is 185 g/mol. The lowest BCUT2D eigenvalue weighted by molar-refractivity contribution is 0.191. The fourth-order valence-corrected chi connectivity index (χ4v) is 1.48. The van der Waals surface area contributed by atoms with Crippen LogP contribution in [-0.4, -0.2) is 43.2 Å². The molecule has 1 rings (SSSR count). The zero-order valence-electron chi connectivity index (χ0n) is 8.63. The molecule has 0 aromatic heterocycles. The van der Waals surface area contributed by atoms with Crippen molar-refractivity contribution in [1.82, 2.24) is 15.5 Å². The monoisotopic (exact) mass is 185 g/mol. The highest BCUT2D eigenvalue weighted by Crippen LogP contribution is 2.05. The average Bonchev–Trinajstić information content (AvgIpc) is 2.53. The third-order valence-corrected chi connectivity index (χ3v) is 2.31. The Bertz CT molecular complexity index is 176. The zero-order valence-corrected chi connectivity index (χ0v) is 8.63. The second-order valence-electron chi connectivity index (χ2n) is 3.86. The van der Waals surface area contributed by atoms with Crippen molar-refractivity contribution in [3.05, 3.63) is 0 Å². The van der Waals surface area contributed by atoms with Gasteiger partial charge in [0, 0.05) is 25.7 Å². The summed E-state index contributed by atoms with van der Waals surface area (Å²) in [5, 5.41) is 6.12. The van der Waals surface area contributed by atoms with Crippen LogP contribution in [0.15, 0.2) is 0 Å². The Hall–Kier alpha value is -0.770. The maximum absolute atomic E-state index is 11.5. The number of nitrogens with one attached hydrogen (secondary N) is 2. The summed E-state index contributed by atoms with van der Waals surface area (Å²) in [6.07, 6.45) is 1.06. The Labute approximate surface area is 79.7 Å². The number of amides is 2. The fraction of sp³-hybridized carbons (Fsp3) is 0.889. The van der Waals surface area contributed by atoms with Gasteiger partial charge in [-0.3, -0.25) is 0 Å². The van der Waals surface area contributed by atoms with Crippen molar-refractivity contribution in [2.45, 2.75) is 32.4 Å². The van der Waals surface area contributed by atoms with E-state index in [1.807, 2.05) is 20.9 Å². The van der Waals surface area contributed by atoms with Crippen LogP contribution in [0.2, 0.25) is 0 Å². The normalized spacial score (nSPS) is 22.0. The van der Waals surface area contributed by atoms with Crippen molar-refractivity contribution >= 4 is 6.03 Å². The SMILES string of the molecule is CC(C)NC(=O)N(C)C1CCNC1. The number of carbonyl (C=O) groups is 1. The van der Waals surface area contributed by atoms with Crippen LogP contribution in [0.4, 0.5) is 4.79 Å². The summed E-state index contributed by atoms with van der Waals surface area (Å²) in [7, 11) is 1.86. The largest absolute Gasteiger partial charge is 0.336 e. The highest BCUT2D eigenvalue weighted by atomic mass is 16.2. The van der Waals surface area contributed by atoms with Crippen LogP contribution in [0, 0.1) is 0 Å². The van der Waals surface area contributed by atoms with Crippen LogP contribution >= 0.6 is 0 Å². The van der Waals surface area contributed by atoms with Gasteiger partial charge < -0.3 is 15.5 Å². The third kappa shape index (κ3) is 2.88. The van der Waals surface area contributed by atoms with Gasteiger partial charge in [-0.25, -0.2) is 4.79 Å². The molecule has 1 heterocycles. The highest BCUT2D eigenvalue weighted by molar-refractivity contribution is 5.74. The molecule has 0 radical (unpaired) electrons. The Morgan fingerprint density at radius 3 is 2.77 bits per heavy atom. The van der Waals surface area contributed by atoms with Crippen molar-refractivity contribution in [2.75, 3.05) is 20.1 Å². The van der Waals surface area contributed by atoms with Crippen LogP contribution in [0.1, 0.15) is 20.3 Å². The first kappa shape index (κ1) is 10.3. The molecule has 0 aromatic rings. The standard InChI is InChI=1S/C9H19N3O/c1-7(2)11-9(13)12(3)8-4-5-10-6-8/h7-8,10H,4-6H2,1-3H3,(H,11,13). The summed E-state index contributed by atoms with van der Waals surface area (Å²) in [5.41, 5.74) is 0. The molecule has 4 heteroatoms. The Kier molecular flexibility index (Phi) is 3.54. The van der Waals surface area contributed by atoms with E-state index in [1.54, 1.807) is 4.90 Å². The quantitative estimate of drug-likeness (QED) is 0.654. The molecule has 1 unspecified atom stereocenters. The zero-order chi connectivity index (χ0) is 9.84. The van der Waals surface area contributed by atoms with Crippen molar-refractivity contribution < 1.29 is 4.79 Å². The van der Waals surface area contributed by atoms with Crippen LogP contribution < -0.4 is 10.6 Å². The van der Waals surface area contributed by atoms with Crippen molar-refractivity contribution in [3.63, 3.8) is 0 Å². The van der Waals surface area contributed by atoms with E-state index >= 15 is 0 Å². The topological polar surface area (TPSA) is 44.4 Å². The van der Waals surface area contributed by atoms with Crippen molar-refractivity contribution in [3.8, 4) is 0 Å². The van der Waals surface area contributed by atoms with Gasteiger partial charge in [-0.1, -0.05) is 0 Å². The molecule has 0 spiro atoms. The van der Waals surface area contributed by atoms with E-state index in [4.69, 9.17) is 0 Å². The van der Waals surface area contributed by atoms with Crippen molar-refractivity contribution in [1.29, 1.82) is 0 Å². The number of urea groups is 1. The van der Waals surface area contributed by atoms with Gasteiger partial charge >= 0.3 is 6.03 Å². The number of nitrogens with zero attached hydrogens (tertiary/aromatic N) is 1. The van der Waals surface area contributed by atoms with E-state index in [9.17, 15) is 4.79 Å². The van der Waals surface area contributed by atoms with Gasteiger partial charge in [-0.05, 0) is 26.8 Å². The minimum atomic E-state index is 0.0312. The Balaban J connectivity index is 2.36. The van der Waals surface area contributed by atoms with Gasteiger partial charge in [0.25, 0.3) is 0 Å². The van der Waals surface area contributed by atoms with Crippen molar-refractivity contribution in [2.24, 2.45) is 0 Å². The summed E-state index contributed by atoms with van der Waals surface area (Å²) < 4.78 is 0. The molecule has 2 N–H and O–H groups in total. The lowest BCUT2D eigenvalue weighted by Crippen LogP contribution is -2.46. The minimum Gasteiger partial charge on any atom is -0.336 e. The molecule has 0 saturated carbocycles. The first-order valence-corrected chi connectivity index (χ1v) is 4.85. The summed E-state index contributed by atoms with van der Waals surface area (Å²) in [6.45, 7) is 5.88. The van der Waals surface area contributed by atoms with Gasteiger partial charge in [-0.2, -0.15) is 0 Å². The Morgan fingerprint density at radius 1 is 1.62 bits per heavy atom. The summed E-state index contributed by atoms with van der Waals surface area (Å²) in [6, 6.07) is 0.603. The van der Waals surface area contributed by atoms with E-state index in [0.29, 0.717) is 6.04 Å². The smallest absolute Gasteiger partial charge is 0.317 e. The van der Waals surface area contributed by atoms with E-state index < -0.39 is 0 Å². The second kappa shape index (κ2) is 4.46. The minimum absolute atomic E-state index is 0.0312. The predicted molar refractivity (Wildman–Crippen MR) is 52.7 cm³/mol. The summed E-state index contributed by atoms with van der Waals surface area (Å²) >= 11 is 0. The number of likely N-dealkylation sites (N-methyl/N-ethyl adjacent to an activating group) is 1. The summed E-state index contributed by atoms with van der Waals surface area (Å²) in [4.78, 5) is 13.3. The highest BCUT2D eigenvalue weighted by Gasteiger charge is 2.22. The molecular weight excluding hydrogens is 166 g/mol. The first-order valence-electron chi connectivity index (χ1n) is 4.85. The molecule has 1 saturated heterocycles. The van der Waals surface area contributed by atoms with Gasteiger partial charge in [0.15, 0.2) is 0 Å². The number of hydrogen-bond acceptors (Lipinski definition) is 2. The fourth-order valence-electron chi connectivity index (χ4n) is 1.48. The van der Waals surface area contributed by atoms with Crippen LogP contribution in [-0.2, 0) is 0 Å². The van der Waals surface area contributed by atoms with Gasteiger partial charge in [0.2, 0.25) is 0 Å². The Morgan fingerprint density at radius 2 is 2.31 bits per heavy atom.